The zero-order valence-corrected chi connectivity index (χ0v) is 15.2. The highest BCUT2D eigenvalue weighted by Crippen LogP contribution is 2.43. The SMILES string of the molecule is CCN=C(NC1CC1c1c(F)cccc1F)N1CCC(C(=O)OC)CC1. The van der Waals surface area contributed by atoms with E-state index in [1.165, 1.54) is 25.3 Å². The van der Waals surface area contributed by atoms with Crippen molar-refractivity contribution in [3.05, 3.63) is 35.4 Å². The lowest BCUT2D eigenvalue weighted by molar-refractivity contribution is -0.146. The molecule has 3 rings (SSSR count). The molecule has 142 valence electrons. The fourth-order valence-corrected chi connectivity index (χ4v) is 3.58. The third-order valence-electron chi connectivity index (χ3n) is 5.11. The van der Waals surface area contributed by atoms with Crippen LogP contribution in [0.4, 0.5) is 8.78 Å². The van der Waals surface area contributed by atoms with E-state index in [1.807, 2.05) is 6.92 Å². The van der Waals surface area contributed by atoms with Gasteiger partial charge < -0.3 is 15.0 Å². The van der Waals surface area contributed by atoms with Crippen molar-refractivity contribution < 1.29 is 18.3 Å². The first-order chi connectivity index (χ1) is 12.5. The number of hydrogen-bond acceptors (Lipinski definition) is 3. The van der Waals surface area contributed by atoms with Gasteiger partial charge in [-0.2, -0.15) is 0 Å². The Morgan fingerprint density at radius 1 is 1.31 bits per heavy atom. The number of nitrogens with one attached hydrogen (secondary N) is 1. The summed E-state index contributed by atoms with van der Waals surface area (Å²) in [6, 6.07) is 3.96. The van der Waals surface area contributed by atoms with Crippen molar-refractivity contribution in [3.63, 3.8) is 0 Å². The van der Waals surface area contributed by atoms with Crippen LogP contribution in [-0.4, -0.2) is 49.6 Å². The lowest BCUT2D eigenvalue weighted by atomic mass is 9.97. The van der Waals surface area contributed by atoms with Gasteiger partial charge in [0.25, 0.3) is 0 Å². The van der Waals surface area contributed by atoms with Crippen LogP contribution in [0.25, 0.3) is 0 Å². The van der Waals surface area contributed by atoms with Gasteiger partial charge in [0.15, 0.2) is 5.96 Å². The first kappa shape index (κ1) is 18.6. The number of aliphatic imine (C=N–C) groups is 1. The molecule has 0 radical (unpaired) electrons. The predicted molar refractivity (Wildman–Crippen MR) is 94.9 cm³/mol. The molecule has 5 nitrogen and oxygen atoms in total. The zero-order valence-electron chi connectivity index (χ0n) is 15.2. The molecule has 1 aliphatic carbocycles. The number of guanidine groups is 1. The van der Waals surface area contributed by atoms with Gasteiger partial charge in [-0.15, -0.1) is 0 Å². The van der Waals surface area contributed by atoms with E-state index in [-0.39, 0.29) is 29.4 Å². The molecule has 2 unspecified atom stereocenters. The van der Waals surface area contributed by atoms with Gasteiger partial charge in [0.05, 0.1) is 13.0 Å². The van der Waals surface area contributed by atoms with Gasteiger partial charge in [0, 0.05) is 37.2 Å². The fourth-order valence-electron chi connectivity index (χ4n) is 3.58. The molecule has 1 aromatic carbocycles. The Kier molecular flexibility index (Phi) is 5.74. The zero-order chi connectivity index (χ0) is 18.7. The molecule has 1 aliphatic heterocycles. The first-order valence-corrected chi connectivity index (χ1v) is 9.12. The Morgan fingerprint density at radius 3 is 2.54 bits per heavy atom. The van der Waals surface area contributed by atoms with Crippen LogP contribution >= 0.6 is 0 Å². The molecule has 26 heavy (non-hydrogen) atoms. The summed E-state index contributed by atoms with van der Waals surface area (Å²) in [6.07, 6.45) is 2.11. The minimum absolute atomic E-state index is 0.0231. The van der Waals surface area contributed by atoms with Gasteiger partial charge in [-0.05, 0) is 38.3 Å². The maximum atomic E-state index is 14.0. The second kappa shape index (κ2) is 8.01. The molecule has 1 heterocycles. The van der Waals surface area contributed by atoms with Gasteiger partial charge in [0.1, 0.15) is 11.6 Å². The van der Waals surface area contributed by atoms with E-state index in [9.17, 15) is 13.6 Å². The standard InChI is InChI=1S/C19H25F2N3O2/c1-3-22-19(24-9-7-12(8-10-24)18(25)26-2)23-16-11-13(16)17-14(20)5-4-6-15(17)21/h4-6,12-13,16H,3,7-11H2,1-2H3,(H,22,23). The maximum Gasteiger partial charge on any atom is 0.308 e. The molecule has 1 aromatic rings. The van der Waals surface area contributed by atoms with Crippen molar-refractivity contribution >= 4 is 11.9 Å². The highest BCUT2D eigenvalue weighted by atomic mass is 19.1. The average Bonchev–Trinajstić information content (AvgIpc) is 3.39. The number of piperidine rings is 1. The van der Waals surface area contributed by atoms with Crippen LogP contribution in [0.15, 0.2) is 23.2 Å². The summed E-state index contributed by atoms with van der Waals surface area (Å²) in [5.41, 5.74) is 0.158. The van der Waals surface area contributed by atoms with Crippen molar-refractivity contribution in [3.8, 4) is 0 Å². The van der Waals surface area contributed by atoms with E-state index in [2.05, 4.69) is 15.2 Å². The number of halogens is 2. The minimum Gasteiger partial charge on any atom is -0.469 e. The van der Waals surface area contributed by atoms with Crippen LogP contribution in [0, 0.1) is 17.6 Å². The highest BCUT2D eigenvalue weighted by Gasteiger charge is 2.43. The van der Waals surface area contributed by atoms with Gasteiger partial charge in [-0.1, -0.05) is 6.07 Å². The Hall–Kier alpha value is -2.18. The van der Waals surface area contributed by atoms with Crippen LogP contribution < -0.4 is 5.32 Å². The molecule has 0 amide bonds. The summed E-state index contributed by atoms with van der Waals surface area (Å²) in [5.74, 6) is -0.644. The first-order valence-electron chi connectivity index (χ1n) is 9.12. The summed E-state index contributed by atoms with van der Waals surface area (Å²) < 4.78 is 32.7. The molecule has 7 heteroatoms. The summed E-state index contributed by atoms with van der Waals surface area (Å²) >= 11 is 0. The third-order valence-corrected chi connectivity index (χ3v) is 5.11. The number of carbonyl (C=O) groups excluding carboxylic acids is 1. The van der Waals surface area contributed by atoms with Crippen molar-refractivity contribution in [2.75, 3.05) is 26.7 Å². The van der Waals surface area contributed by atoms with Crippen molar-refractivity contribution in [2.24, 2.45) is 10.9 Å². The highest BCUT2D eigenvalue weighted by molar-refractivity contribution is 5.81. The molecule has 2 fully saturated rings. The minimum atomic E-state index is -0.493. The number of hydrogen-bond donors (Lipinski definition) is 1. The van der Waals surface area contributed by atoms with Gasteiger partial charge in [-0.3, -0.25) is 9.79 Å². The van der Waals surface area contributed by atoms with E-state index in [0.29, 0.717) is 38.9 Å². The van der Waals surface area contributed by atoms with E-state index >= 15 is 0 Å². The van der Waals surface area contributed by atoms with Gasteiger partial charge >= 0.3 is 5.97 Å². The molecule has 1 saturated carbocycles. The molecule has 0 aromatic heterocycles. The number of methoxy groups -OCH3 is 1. The van der Waals surface area contributed by atoms with Crippen molar-refractivity contribution in [1.29, 1.82) is 0 Å². The second-order valence-electron chi connectivity index (χ2n) is 6.81. The number of nitrogens with zero attached hydrogens (tertiary/aromatic N) is 2. The van der Waals surface area contributed by atoms with Crippen LogP contribution in [0.1, 0.15) is 37.7 Å². The Labute approximate surface area is 152 Å². The largest absolute Gasteiger partial charge is 0.469 e. The monoisotopic (exact) mass is 365 g/mol. The molecule has 1 saturated heterocycles. The molecular formula is C19H25F2N3O2. The van der Waals surface area contributed by atoms with E-state index in [1.54, 1.807) is 0 Å². The van der Waals surface area contributed by atoms with E-state index < -0.39 is 11.6 Å². The van der Waals surface area contributed by atoms with E-state index in [0.717, 1.165) is 5.96 Å². The molecule has 2 aliphatic rings. The third kappa shape index (κ3) is 3.97. The number of likely N-dealkylation sites (tertiary alicyclic amines) is 1. The Balaban J connectivity index is 1.61. The summed E-state index contributed by atoms with van der Waals surface area (Å²) in [4.78, 5) is 18.3. The Bertz CT molecular complexity index is 667. The van der Waals surface area contributed by atoms with Crippen LogP contribution in [0.2, 0.25) is 0 Å². The molecule has 1 N–H and O–H groups in total. The molecule has 0 bridgehead atoms. The maximum absolute atomic E-state index is 14.0. The number of esters is 1. The van der Waals surface area contributed by atoms with E-state index in [4.69, 9.17) is 4.74 Å². The van der Waals surface area contributed by atoms with Gasteiger partial charge in [0.2, 0.25) is 0 Å². The summed E-state index contributed by atoms with van der Waals surface area (Å²) in [6.45, 7) is 3.97. The quantitative estimate of drug-likeness (QED) is 0.506. The number of rotatable bonds is 4. The lowest BCUT2D eigenvalue weighted by Crippen LogP contribution is -2.47. The molecule has 2 atom stereocenters. The topological polar surface area (TPSA) is 53.9 Å². The lowest BCUT2D eigenvalue weighted by Gasteiger charge is -2.33. The van der Waals surface area contributed by atoms with Crippen LogP contribution in [-0.2, 0) is 9.53 Å². The fraction of sp³-hybridized carbons (Fsp3) is 0.579. The number of benzene rings is 1. The van der Waals surface area contributed by atoms with Crippen LogP contribution in [0.3, 0.4) is 0 Å². The number of carbonyl (C=O) groups is 1. The summed E-state index contributed by atoms with van der Waals surface area (Å²) in [7, 11) is 1.41. The average molecular weight is 365 g/mol. The second-order valence-corrected chi connectivity index (χ2v) is 6.81. The normalized spacial score (nSPS) is 23.7. The molecular weight excluding hydrogens is 340 g/mol. The molecule has 0 spiro atoms. The Morgan fingerprint density at radius 2 is 1.96 bits per heavy atom. The van der Waals surface area contributed by atoms with Crippen molar-refractivity contribution in [2.45, 2.75) is 38.1 Å². The smallest absolute Gasteiger partial charge is 0.308 e. The number of ether oxygens (including phenoxy) is 1. The van der Waals surface area contributed by atoms with Crippen LogP contribution in [0.5, 0.6) is 0 Å². The van der Waals surface area contributed by atoms with Gasteiger partial charge in [-0.25, -0.2) is 8.78 Å². The summed E-state index contributed by atoms with van der Waals surface area (Å²) in [5, 5.41) is 3.35. The predicted octanol–water partition coefficient (Wildman–Crippen LogP) is 2.67. The van der Waals surface area contributed by atoms with Crippen molar-refractivity contribution in [1.82, 2.24) is 10.2 Å².